The van der Waals surface area contributed by atoms with Crippen molar-refractivity contribution in [3.8, 4) is 0 Å². The Kier molecular flexibility index (Phi) is 70.8. The second-order valence-electron chi connectivity index (χ2n) is 26.6. The maximum Gasteiger partial charge on any atom is 0.472 e. The summed E-state index contributed by atoms with van der Waals surface area (Å²) in [6.07, 6.45) is 75.6. The first kappa shape index (κ1) is 96.2. The van der Waals surface area contributed by atoms with Crippen molar-refractivity contribution < 1.29 is 80.2 Å². The zero-order chi connectivity index (χ0) is 73.2. The van der Waals surface area contributed by atoms with Crippen molar-refractivity contribution in [2.45, 2.75) is 367 Å². The van der Waals surface area contributed by atoms with Crippen LogP contribution < -0.4 is 0 Å². The highest BCUT2D eigenvalue weighted by Crippen LogP contribution is 2.45. The molecule has 0 aliphatic heterocycles. The molecular formula is C81H144O17P2. The van der Waals surface area contributed by atoms with Gasteiger partial charge in [-0.05, 0) is 122 Å². The molecule has 17 nitrogen and oxygen atoms in total. The number of hydrogen-bond donors (Lipinski definition) is 3. The highest BCUT2D eigenvalue weighted by Gasteiger charge is 2.30. The first-order valence-electron chi connectivity index (χ1n) is 39.8. The van der Waals surface area contributed by atoms with E-state index in [0.717, 1.165) is 173 Å². The summed E-state index contributed by atoms with van der Waals surface area (Å²) in [5.41, 5.74) is 0. The largest absolute Gasteiger partial charge is 0.472 e. The predicted octanol–water partition coefficient (Wildman–Crippen LogP) is 23.0. The molecule has 5 atom stereocenters. The lowest BCUT2D eigenvalue weighted by molar-refractivity contribution is -0.161. The van der Waals surface area contributed by atoms with Gasteiger partial charge in [0, 0.05) is 25.7 Å². The van der Waals surface area contributed by atoms with Gasteiger partial charge < -0.3 is 33.8 Å². The number of rotatable bonds is 75. The van der Waals surface area contributed by atoms with Gasteiger partial charge in [-0.1, -0.05) is 286 Å². The molecule has 0 aliphatic rings. The van der Waals surface area contributed by atoms with E-state index < -0.39 is 97.5 Å². The van der Waals surface area contributed by atoms with Gasteiger partial charge in [-0.2, -0.15) is 0 Å². The molecule has 0 aromatic carbocycles. The van der Waals surface area contributed by atoms with E-state index in [0.29, 0.717) is 25.7 Å². The molecule has 580 valence electrons. The van der Waals surface area contributed by atoms with E-state index in [1.54, 1.807) is 0 Å². The summed E-state index contributed by atoms with van der Waals surface area (Å²) in [7, 11) is -9.95. The first-order valence-corrected chi connectivity index (χ1v) is 42.8. The minimum atomic E-state index is -4.98. The van der Waals surface area contributed by atoms with Gasteiger partial charge in [-0.15, -0.1) is 0 Å². The predicted molar refractivity (Wildman–Crippen MR) is 409 cm³/mol. The zero-order valence-corrected chi connectivity index (χ0v) is 65.2. The maximum atomic E-state index is 13.1. The Morgan fingerprint density at radius 2 is 0.520 bits per heavy atom. The van der Waals surface area contributed by atoms with Crippen molar-refractivity contribution in [2.75, 3.05) is 39.6 Å². The van der Waals surface area contributed by atoms with Crippen LogP contribution in [0.25, 0.3) is 0 Å². The highest BCUT2D eigenvalue weighted by atomic mass is 31.2. The Morgan fingerprint density at radius 3 is 0.840 bits per heavy atom. The van der Waals surface area contributed by atoms with Gasteiger partial charge in [0.2, 0.25) is 0 Å². The Bertz CT molecular complexity index is 2230. The van der Waals surface area contributed by atoms with E-state index in [2.05, 4.69) is 113 Å². The van der Waals surface area contributed by atoms with Gasteiger partial charge in [0.25, 0.3) is 0 Å². The molecule has 0 aliphatic carbocycles. The average Bonchev–Trinajstić information content (AvgIpc) is 0.935. The van der Waals surface area contributed by atoms with Crippen LogP contribution in [-0.4, -0.2) is 96.7 Å². The van der Waals surface area contributed by atoms with Crippen molar-refractivity contribution >= 4 is 39.5 Å². The van der Waals surface area contributed by atoms with Crippen molar-refractivity contribution in [3.05, 3.63) is 85.1 Å². The van der Waals surface area contributed by atoms with Crippen LogP contribution in [0.1, 0.15) is 349 Å². The number of ether oxygens (including phenoxy) is 4. The number of hydrogen-bond acceptors (Lipinski definition) is 15. The van der Waals surface area contributed by atoms with Gasteiger partial charge in [-0.25, -0.2) is 9.13 Å². The fraction of sp³-hybridized carbons (Fsp3) is 0.778. The molecule has 0 heterocycles. The summed E-state index contributed by atoms with van der Waals surface area (Å²) < 4.78 is 68.6. The van der Waals surface area contributed by atoms with E-state index in [1.807, 2.05) is 0 Å². The molecule has 0 saturated carbocycles. The Labute approximate surface area is 608 Å². The van der Waals surface area contributed by atoms with Crippen LogP contribution in [0.2, 0.25) is 0 Å². The summed E-state index contributed by atoms with van der Waals surface area (Å²) in [5, 5.41) is 10.6. The summed E-state index contributed by atoms with van der Waals surface area (Å²) in [6.45, 7) is 4.73. The summed E-state index contributed by atoms with van der Waals surface area (Å²) in [6, 6.07) is 0. The maximum absolute atomic E-state index is 13.1. The van der Waals surface area contributed by atoms with Crippen LogP contribution in [0, 0.1) is 0 Å². The monoisotopic (exact) mass is 1450 g/mol. The van der Waals surface area contributed by atoms with Crippen molar-refractivity contribution in [2.24, 2.45) is 0 Å². The first-order chi connectivity index (χ1) is 48.7. The molecular weight excluding hydrogens is 1310 g/mol. The van der Waals surface area contributed by atoms with Crippen molar-refractivity contribution in [1.82, 2.24) is 0 Å². The number of aliphatic hydroxyl groups excluding tert-OH is 1. The van der Waals surface area contributed by atoms with Gasteiger partial charge in [0.05, 0.1) is 26.4 Å². The van der Waals surface area contributed by atoms with Crippen molar-refractivity contribution in [1.29, 1.82) is 0 Å². The van der Waals surface area contributed by atoms with Crippen LogP contribution in [-0.2, 0) is 65.4 Å². The highest BCUT2D eigenvalue weighted by molar-refractivity contribution is 7.47. The van der Waals surface area contributed by atoms with Crippen LogP contribution in [0.15, 0.2) is 85.1 Å². The molecule has 0 bridgehead atoms. The van der Waals surface area contributed by atoms with E-state index >= 15 is 0 Å². The minimum Gasteiger partial charge on any atom is -0.462 e. The number of aliphatic hydroxyl groups is 1. The Balaban J connectivity index is 5.33. The molecule has 0 amide bonds. The third kappa shape index (κ3) is 72.6. The van der Waals surface area contributed by atoms with Crippen molar-refractivity contribution in [3.63, 3.8) is 0 Å². The van der Waals surface area contributed by atoms with Gasteiger partial charge >= 0.3 is 39.5 Å². The fourth-order valence-electron chi connectivity index (χ4n) is 10.8. The van der Waals surface area contributed by atoms with Gasteiger partial charge in [0.15, 0.2) is 12.2 Å². The molecule has 0 aromatic heterocycles. The molecule has 19 heteroatoms. The molecule has 0 aromatic rings. The van der Waals surface area contributed by atoms with Crippen LogP contribution in [0.3, 0.4) is 0 Å². The quantitative estimate of drug-likeness (QED) is 0.0169. The van der Waals surface area contributed by atoms with Crippen LogP contribution in [0.5, 0.6) is 0 Å². The molecule has 100 heavy (non-hydrogen) atoms. The number of esters is 4. The van der Waals surface area contributed by atoms with E-state index in [4.69, 9.17) is 37.0 Å². The number of phosphoric acid groups is 2. The summed E-state index contributed by atoms with van der Waals surface area (Å²) in [5.74, 6) is -2.19. The lowest BCUT2D eigenvalue weighted by atomic mass is 10.0. The molecule has 0 radical (unpaired) electrons. The third-order valence-electron chi connectivity index (χ3n) is 16.8. The van der Waals surface area contributed by atoms with Crippen LogP contribution in [0.4, 0.5) is 0 Å². The number of allylic oxidation sites excluding steroid dienone is 14. The number of carbonyl (C=O) groups excluding carboxylic acids is 4. The molecule has 0 saturated heterocycles. The van der Waals surface area contributed by atoms with E-state index in [1.165, 1.54) is 96.3 Å². The summed E-state index contributed by atoms with van der Waals surface area (Å²) in [4.78, 5) is 72.9. The van der Waals surface area contributed by atoms with Gasteiger partial charge in [0.1, 0.15) is 19.3 Å². The average molecular weight is 1450 g/mol. The van der Waals surface area contributed by atoms with Crippen LogP contribution >= 0.6 is 15.6 Å². The lowest BCUT2D eigenvalue weighted by Crippen LogP contribution is -2.30. The van der Waals surface area contributed by atoms with Gasteiger partial charge in [-0.3, -0.25) is 37.3 Å². The lowest BCUT2D eigenvalue weighted by Gasteiger charge is -2.21. The summed E-state index contributed by atoms with van der Waals surface area (Å²) >= 11 is 0. The molecule has 0 fully saturated rings. The zero-order valence-electron chi connectivity index (χ0n) is 63.4. The smallest absolute Gasteiger partial charge is 0.462 e. The fourth-order valence-corrected chi connectivity index (χ4v) is 12.3. The SMILES string of the molecule is CC/C=C\C/C=C\C/C=C\C/C=C\CCCCCCCCC(=O)OCC(COP(=O)(O)OCC(O)COP(=O)(O)OCC(COC(=O)CCCCCCC/C=C\C/C=C\CCCCC)OC(=O)CCCCCCC/C=C\CCCCCC)OC(=O)CCCCCCCCCCCCCCC. The number of unbranched alkanes of at least 4 members (excludes halogenated alkanes) is 35. The second-order valence-corrected chi connectivity index (χ2v) is 29.5. The molecule has 0 spiro atoms. The molecule has 5 unspecified atom stereocenters. The molecule has 3 N–H and O–H groups in total. The Morgan fingerprint density at radius 1 is 0.290 bits per heavy atom. The topological polar surface area (TPSA) is 237 Å². The number of carbonyl (C=O) groups is 4. The number of phosphoric ester groups is 2. The molecule has 0 rings (SSSR count). The van der Waals surface area contributed by atoms with E-state index in [-0.39, 0.29) is 25.7 Å². The second kappa shape index (κ2) is 73.5. The minimum absolute atomic E-state index is 0.0840. The standard InChI is InChI=1S/C81H144O17P2/c1-5-9-13-17-21-25-29-33-35-36-37-38-40-44-46-50-54-58-62-66-79(84)92-72-77(98-81(86)68-64-60-56-52-48-42-32-28-24-20-16-12-8-4)74-96-100(89,90)94-70-75(82)69-93-99(87,88)95-73-76(97-80(85)67-63-59-55-51-47-41-31-27-23-19-15-11-7-3)71-91-78(83)65-61-57-53-49-45-43-39-34-30-26-22-18-14-10-6-2/h9,13,21-22,25-27,31,33-35,37-39,75-77,82H,5-8,10-12,14-20,23-24,28-30,32,36,40-74H2,1-4H3,(H,87,88)(H,89,90)/b13-9-,25-21-,26-22-,31-27-,35-33-,38-37-,39-34-. The third-order valence-corrected chi connectivity index (χ3v) is 18.7. The Hall–Kier alpha value is -3.76. The van der Waals surface area contributed by atoms with E-state index in [9.17, 15) is 43.2 Å². The normalized spacial score (nSPS) is 14.3.